The molecule has 0 bridgehead atoms. The summed E-state index contributed by atoms with van der Waals surface area (Å²) in [6, 6.07) is 3.16. The Kier molecular flexibility index (Phi) is 4.18. The molecule has 2 atom stereocenters. The average molecular weight is 304 g/mol. The van der Waals surface area contributed by atoms with Crippen LogP contribution in [-0.2, 0) is 0 Å². The van der Waals surface area contributed by atoms with E-state index in [9.17, 15) is 10.1 Å². The molecule has 0 radical (unpaired) electrons. The van der Waals surface area contributed by atoms with Gasteiger partial charge in [0.25, 0.3) is 5.69 Å². The molecule has 19 heavy (non-hydrogen) atoms. The lowest BCUT2D eigenvalue weighted by Crippen LogP contribution is -2.45. The average Bonchev–Trinajstić information content (AvgIpc) is 2.32. The van der Waals surface area contributed by atoms with Crippen LogP contribution in [0.4, 0.5) is 11.4 Å². The molecule has 0 amide bonds. The second-order valence-corrected chi connectivity index (χ2v) is 5.65. The predicted molar refractivity (Wildman–Crippen MR) is 77.1 cm³/mol. The maximum absolute atomic E-state index is 11.2. The van der Waals surface area contributed by atoms with Crippen LogP contribution in [0.2, 0.25) is 10.0 Å². The lowest BCUT2D eigenvalue weighted by atomic mass is 9.98. The highest BCUT2D eigenvalue weighted by atomic mass is 35.5. The second-order valence-electron chi connectivity index (χ2n) is 4.84. The quantitative estimate of drug-likeness (QED) is 0.672. The van der Waals surface area contributed by atoms with Gasteiger partial charge in [0.1, 0.15) is 5.69 Å². The van der Waals surface area contributed by atoms with Gasteiger partial charge < -0.3 is 10.6 Å². The van der Waals surface area contributed by atoms with Crippen LogP contribution in [0.5, 0.6) is 0 Å². The standard InChI is InChI=1S/C12H15Cl2N3O2/c1-7-4-8(15)2-3-16(7)11-5-9(13)10(14)6-12(11)17(18)19/h5-8H,2-4,15H2,1H3. The first kappa shape index (κ1) is 14.4. The molecule has 1 aromatic carbocycles. The van der Waals surface area contributed by atoms with E-state index >= 15 is 0 Å². The van der Waals surface area contributed by atoms with Gasteiger partial charge in [-0.3, -0.25) is 10.1 Å². The van der Waals surface area contributed by atoms with Crippen molar-refractivity contribution >= 4 is 34.6 Å². The number of rotatable bonds is 2. The molecule has 1 heterocycles. The minimum absolute atomic E-state index is 0.0169. The molecular formula is C12H15Cl2N3O2. The number of nitrogens with zero attached hydrogens (tertiary/aromatic N) is 2. The van der Waals surface area contributed by atoms with Gasteiger partial charge in [-0.05, 0) is 25.8 Å². The third-order valence-electron chi connectivity index (χ3n) is 3.44. The lowest BCUT2D eigenvalue weighted by molar-refractivity contribution is -0.384. The van der Waals surface area contributed by atoms with E-state index in [0.717, 1.165) is 12.8 Å². The number of benzene rings is 1. The summed E-state index contributed by atoms with van der Waals surface area (Å²) in [5.41, 5.74) is 6.41. The first-order valence-corrected chi connectivity index (χ1v) is 6.81. The molecule has 2 unspecified atom stereocenters. The highest BCUT2D eigenvalue weighted by Crippen LogP contribution is 2.38. The van der Waals surface area contributed by atoms with Gasteiger partial charge in [0.2, 0.25) is 0 Å². The van der Waals surface area contributed by atoms with Crippen LogP contribution in [0.25, 0.3) is 0 Å². The van der Waals surface area contributed by atoms with Gasteiger partial charge in [-0.2, -0.15) is 0 Å². The third kappa shape index (κ3) is 2.94. The summed E-state index contributed by atoms with van der Waals surface area (Å²) in [5.74, 6) is 0. The van der Waals surface area contributed by atoms with Gasteiger partial charge in [-0.1, -0.05) is 23.2 Å². The normalized spacial score (nSPS) is 23.5. The molecule has 2 rings (SSSR count). The van der Waals surface area contributed by atoms with Crippen LogP contribution in [0.1, 0.15) is 19.8 Å². The summed E-state index contributed by atoms with van der Waals surface area (Å²) in [4.78, 5) is 12.7. The van der Waals surface area contributed by atoms with E-state index in [1.807, 2.05) is 11.8 Å². The van der Waals surface area contributed by atoms with Crippen LogP contribution < -0.4 is 10.6 Å². The predicted octanol–water partition coefficient (Wildman–Crippen LogP) is 3.22. The minimum atomic E-state index is -0.432. The summed E-state index contributed by atoms with van der Waals surface area (Å²) in [6.45, 7) is 2.69. The Morgan fingerprint density at radius 2 is 2.05 bits per heavy atom. The molecule has 1 saturated heterocycles. The summed E-state index contributed by atoms with van der Waals surface area (Å²) >= 11 is 11.8. The fourth-order valence-corrected chi connectivity index (χ4v) is 2.78. The first-order chi connectivity index (χ1) is 8.90. The molecule has 1 aliphatic heterocycles. The molecule has 2 N–H and O–H groups in total. The smallest absolute Gasteiger partial charge is 0.294 e. The zero-order chi connectivity index (χ0) is 14.2. The maximum Gasteiger partial charge on any atom is 0.294 e. The van der Waals surface area contributed by atoms with Gasteiger partial charge in [0.15, 0.2) is 0 Å². The molecule has 1 aliphatic rings. The maximum atomic E-state index is 11.2. The van der Waals surface area contributed by atoms with Crippen molar-refractivity contribution in [1.82, 2.24) is 0 Å². The molecule has 0 aliphatic carbocycles. The van der Waals surface area contributed by atoms with Gasteiger partial charge in [-0.15, -0.1) is 0 Å². The Labute approximate surface area is 121 Å². The molecule has 1 aromatic rings. The first-order valence-electron chi connectivity index (χ1n) is 6.05. The fraction of sp³-hybridized carbons (Fsp3) is 0.500. The Morgan fingerprint density at radius 3 is 2.63 bits per heavy atom. The molecule has 0 saturated carbocycles. The van der Waals surface area contributed by atoms with Crippen LogP contribution >= 0.6 is 23.2 Å². The number of nitrogens with two attached hydrogens (primary N) is 1. The Morgan fingerprint density at radius 1 is 1.42 bits per heavy atom. The monoisotopic (exact) mass is 303 g/mol. The van der Waals surface area contributed by atoms with Crippen molar-refractivity contribution < 1.29 is 4.92 Å². The summed E-state index contributed by atoms with van der Waals surface area (Å²) < 4.78 is 0. The van der Waals surface area contributed by atoms with Crippen LogP contribution in [0.3, 0.4) is 0 Å². The summed E-state index contributed by atoms with van der Waals surface area (Å²) in [5, 5.41) is 11.7. The van der Waals surface area contributed by atoms with Crippen LogP contribution in [0, 0.1) is 10.1 Å². The number of anilines is 1. The van der Waals surface area contributed by atoms with E-state index in [1.165, 1.54) is 6.07 Å². The molecule has 0 aromatic heterocycles. The fourth-order valence-electron chi connectivity index (χ4n) is 2.47. The van der Waals surface area contributed by atoms with Crippen molar-refractivity contribution in [1.29, 1.82) is 0 Å². The summed E-state index contributed by atoms with van der Waals surface area (Å²) in [6.07, 6.45) is 1.61. The largest absolute Gasteiger partial charge is 0.363 e. The van der Waals surface area contributed by atoms with E-state index < -0.39 is 4.92 Å². The van der Waals surface area contributed by atoms with E-state index in [2.05, 4.69) is 0 Å². The molecule has 7 heteroatoms. The van der Waals surface area contributed by atoms with Crippen LogP contribution in [0.15, 0.2) is 12.1 Å². The number of piperidine rings is 1. The van der Waals surface area contributed by atoms with Gasteiger partial charge in [0, 0.05) is 24.7 Å². The van der Waals surface area contributed by atoms with Crippen molar-refractivity contribution in [3.05, 3.63) is 32.3 Å². The zero-order valence-corrected chi connectivity index (χ0v) is 12.0. The van der Waals surface area contributed by atoms with E-state index in [0.29, 0.717) is 17.3 Å². The molecule has 104 valence electrons. The van der Waals surface area contributed by atoms with Crippen molar-refractivity contribution in [2.45, 2.75) is 31.8 Å². The molecular weight excluding hydrogens is 289 g/mol. The summed E-state index contributed by atoms with van der Waals surface area (Å²) in [7, 11) is 0. The number of hydrogen-bond donors (Lipinski definition) is 1. The Balaban J connectivity index is 2.43. The Hall–Kier alpha value is -1.04. The van der Waals surface area contributed by atoms with Crippen molar-refractivity contribution in [3.8, 4) is 0 Å². The van der Waals surface area contributed by atoms with E-state index in [4.69, 9.17) is 28.9 Å². The van der Waals surface area contributed by atoms with Gasteiger partial charge >= 0.3 is 0 Å². The van der Waals surface area contributed by atoms with Gasteiger partial charge in [-0.25, -0.2) is 0 Å². The topological polar surface area (TPSA) is 72.4 Å². The second kappa shape index (κ2) is 5.53. The number of nitro groups is 1. The van der Waals surface area contributed by atoms with Crippen molar-refractivity contribution in [2.75, 3.05) is 11.4 Å². The highest BCUT2D eigenvalue weighted by Gasteiger charge is 2.29. The highest BCUT2D eigenvalue weighted by molar-refractivity contribution is 6.42. The number of nitro benzene ring substituents is 1. The Bertz CT molecular complexity index is 510. The van der Waals surface area contributed by atoms with Crippen molar-refractivity contribution in [2.24, 2.45) is 5.73 Å². The zero-order valence-electron chi connectivity index (χ0n) is 10.5. The van der Waals surface area contributed by atoms with E-state index in [1.54, 1.807) is 6.07 Å². The molecule has 0 spiro atoms. The molecule has 5 nitrogen and oxygen atoms in total. The van der Waals surface area contributed by atoms with Crippen LogP contribution in [-0.4, -0.2) is 23.6 Å². The van der Waals surface area contributed by atoms with Crippen molar-refractivity contribution in [3.63, 3.8) is 0 Å². The number of hydrogen-bond acceptors (Lipinski definition) is 4. The molecule has 1 fully saturated rings. The lowest BCUT2D eigenvalue weighted by Gasteiger charge is -2.37. The third-order valence-corrected chi connectivity index (χ3v) is 4.16. The minimum Gasteiger partial charge on any atom is -0.363 e. The van der Waals surface area contributed by atoms with Gasteiger partial charge in [0.05, 0.1) is 15.0 Å². The SMILES string of the molecule is CC1CC(N)CCN1c1cc(Cl)c(Cl)cc1[N+](=O)[O-]. The number of halogens is 2. The van der Waals surface area contributed by atoms with E-state index in [-0.39, 0.29) is 22.8 Å².